The minimum Gasteiger partial charge on any atom is -0.378 e. The first-order valence-corrected chi connectivity index (χ1v) is 10.0. The zero-order valence-electron chi connectivity index (χ0n) is 13.8. The number of carbonyl (C=O) groups excluding carboxylic acids is 1. The molecule has 3 rings (SSSR count). The van der Waals surface area contributed by atoms with Gasteiger partial charge in [-0.3, -0.25) is 10.1 Å². The summed E-state index contributed by atoms with van der Waals surface area (Å²) < 4.78 is 0. The summed E-state index contributed by atoms with van der Waals surface area (Å²) in [7, 11) is 0. The van der Waals surface area contributed by atoms with Crippen LogP contribution in [0.15, 0.2) is 60.7 Å². The first kappa shape index (κ1) is 18.3. The van der Waals surface area contributed by atoms with Crippen LogP contribution in [0.2, 0.25) is 0 Å². The molecule has 0 unspecified atom stereocenters. The summed E-state index contributed by atoms with van der Waals surface area (Å²) in [6.45, 7) is 0. The summed E-state index contributed by atoms with van der Waals surface area (Å²) in [4.78, 5) is 12.6. The Bertz CT molecular complexity index is 652. The number of hydrogen-bond acceptors (Lipinski definition) is 5. The highest BCUT2D eigenvalue weighted by Gasteiger charge is 2.41. The highest BCUT2D eigenvalue weighted by atomic mass is 32.2. The van der Waals surface area contributed by atoms with E-state index in [4.69, 9.17) is 0 Å². The first-order chi connectivity index (χ1) is 12.2. The number of carbonyl (C=O) groups is 1. The second-order valence-electron chi connectivity index (χ2n) is 6.01. The van der Waals surface area contributed by atoms with Crippen molar-refractivity contribution in [1.82, 2.24) is 10.6 Å². The van der Waals surface area contributed by atoms with Gasteiger partial charge in [-0.15, -0.1) is 11.8 Å². The molecule has 1 saturated heterocycles. The molecule has 0 bridgehead atoms. The van der Waals surface area contributed by atoms with Gasteiger partial charge in [-0.2, -0.15) is 12.6 Å². The van der Waals surface area contributed by atoms with Crippen LogP contribution in [-0.4, -0.2) is 40.5 Å². The van der Waals surface area contributed by atoms with Crippen molar-refractivity contribution in [2.45, 2.75) is 17.7 Å². The molecule has 1 aliphatic heterocycles. The van der Waals surface area contributed by atoms with E-state index in [2.05, 4.69) is 23.3 Å². The number of rotatable bonds is 6. The molecule has 1 heterocycles. The molecule has 3 N–H and O–H groups in total. The average Bonchev–Trinajstić information content (AvgIpc) is 3.21. The lowest BCUT2D eigenvalue weighted by atomic mass is 9.80. The second kappa shape index (κ2) is 8.27. The van der Waals surface area contributed by atoms with Crippen LogP contribution in [0.25, 0.3) is 0 Å². The average molecular weight is 375 g/mol. The van der Waals surface area contributed by atoms with Crippen molar-refractivity contribution in [2.75, 3.05) is 17.4 Å². The lowest BCUT2D eigenvalue weighted by molar-refractivity contribution is -0.124. The van der Waals surface area contributed by atoms with Crippen molar-refractivity contribution in [1.29, 1.82) is 0 Å². The SMILES string of the molecule is O=C(N[C@H](CS)C(O)(c1ccccc1)c1ccccc1)[C@@H]1CSCN1. The van der Waals surface area contributed by atoms with Crippen LogP contribution < -0.4 is 10.6 Å². The van der Waals surface area contributed by atoms with Gasteiger partial charge >= 0.3 is 0 Å². The Kier molecular flexibility index (Phi) is 6.06. The summed E-state index contributed by atoms with van der Waals surface area (Å²) in [6, 6.07) is 18.1. The van der Waals surface area contributed by atoms with E-state index in [9.17, 15) is 9.90 Å². The molecule has 1 amide bonds. The number of aliphatic hydroxyl groups is 1. The molecular formula is C19H22N2O2S2. The zero-order chi connectivity index (χ0) is 17.7. The fraction of sp³-hybridized carbons (Fsp3) is 0.316. The molecule has 0 aromatic heterocycles. The summed E-state index contributed by atoms with van der Waals surface area (Å²) in [5, 5.41) is 17.9. The van der Waals surface area contributed by atoms with E-state index in [0.29, 0.717) is 5.75 Å². The fourth-order valence-electron chi connectivity index (χ4n) is 3.07. The van der Waals surface area contributed by atoms with Gasteiger partial charge in [-0.25, -0.2) is 0 Å². The van der Waals surface area contributed by atoms with Gasteiger partial charge in [-0.1, -0.05) is 60.7 Å². The normalized spacial score (nSPS) is 18.7. The molecule has 25 heavy (non-hydrogen) atoms. The fourth-order valence-corrected chi connectivity index (χ4v) is 4.37. The molecule has 4 nitrogen and oxygen atoms in total. The Balaban J connectivity index is 1.96. The summed E-state index contributed by atoms with van der Waals surface area (Å²) >= 11 is 6.12. The first-order valence-electron chi connectivity index (χ1n) is 8.22. The van der Waals surface area contributed by atoms with E-state index in [-0.39, 0.29) is 11.9 Å². The third kappa shape index (κ3) is 3.87. The summed E-state index contributed by atoms with van der Waals surface area (Å²) in [5.41, 5.74) is 0.106. The lowest BCUT2D eigenvalue weighted by Crippen LogP contribution is -2.56. The van der Waals surface area contributed by atoms with Crippen molar-refractivity contribution >= 4 is 30.3 Å². The minimum absolute atomic E-state index is 0.102. The Morgan fingerprint density at radius 3 is 2.20 bits per heavy atom. The molecule has 0 aliphatic carbocycles. The molecule has 6 heteroatoms. The van der Waals surface area contributed by atoms with Crippen LogP contribution in [0.1, 0.15) is 11.1 Å². The van der Waals surface area contributed by atoms with E-state index in [1.807, 2.05) is 60.7 Å². The third-order valence-corrected chi connectivity index (χ3v) is 5.77. The van der Waals surface area contributed by atoms with Gasteiger partial charge in [-0.05, 0) is 11.1 Å². The van der Waals surface area contributed by atoms with E-state index in [1.54, 1.807) is 11.8 Å². The number of thiol groups is 1. The topological polar surface area (TPSA) is 61.4 Å². The van der Waals surface area contributed by atoms with Crippen molar-refractivity contribution in [3.05, 3.63) is 71.8 Å². The number of benzene rings is 2. The maximum atomic E-state index is 12.6. The quantitative estimate of drug-likeness (QED) is 0.584. The molecule has 2 aromatic rings. The highest BCUT2D eigenvalue weighted by Crippen LogP contribution is 2.33. The summed E-state index contributed by atoms with van der Waals surface area (Å²) in [6.07, 6.45) is 0. The minimum atomic E-state index is -1.36. The van der Waals surface area contributed by atoms with Gasteiger partial charge in [0.05, 0.1) is 12.1 Å². The van der Waals surface area contributed by atoms with Gasteiger partial charge in [0.15, 0.2) is 0 Å². The zero-order valence-corrected chi connectivity index (χ0v) is 15.5. The number of amides is 1. The van der Waals surface area contributed by atoms with Crippen LogP contribution in [0, 0.1) is 0 Å². The lowest BCUT2D eigenvalue weighted by Gasteiger charge is -2.37. The van der Waals surface area contributed by atoms with Crippen LogP contribution in [0.5, 0.6) is 0 Å². The van der Waals surface area contributed by atoms with E-state index < -0.39 is 11.6 Å². The smallest absolute Gasteiger partial charge is 0.238 e. The maximum absolute atomic E-state index is 12.6. The Morgan fingerprint density at radius 2 is 1.76 bits per heavy atom. The van der Waals surface area contributed by atoms with Crippen LogP contribution >= 0.6 is 24.4 Å². The Hall–Kier alpha value is -1.47. The number of nitrogens with one attached hydrogen (secondary N) is 2. The second-order valence-corrected chi connectivity index (χ2v) is 7.41. The molecule has 0 saturated carbocycles. The molecule has 0 radical (unpaired) electrons. The Labute approximate surface area is 157 Å². The van der Waals surface area contributed by atoms with E-state index in [1.165, 1.54) is 0 Å². The standard InChI is InChI=1S/C19H22N2O2S2/c22-18(16-12-25-13-20-16)21-17(11-24)19(23,14-7-3-1-4-8-14)15-9-5-2-6-10-15/h1-10,16-17,20,23-24H,11-13H2,(H,21,22)/t16-,17+/m0/s1. The molecule has 132 valence electrons. The molecule has 1 aliphatic rings. The molecule has 1 fully saturated rings. The summed E-state index contributed by atoms with van der Waals surface area (Å²) in [5.74, 6) is 1.71. The molecule has 0 spiro atoms. The molecule has 2 aromatic carbocycles. The van der Waals surface area contributed by atoms with Crippen molar-refractivity contribution in [3.63, 3.8) is 0 Å². The molecular weight excluding hydrogens is 352 g/mol. The number of thioether (sulfide) groups is 1. The van der Waals surface area contributed by atoms with Gasteiger partial charge in [0.2, 0.25) is 5.91 Å². The molecule has 2 atom stereocenters. The predicted octanol–water partition coefficient (Wildman–Crippen LogP) is 2.00. The van der Waals surface area contributed by atoms with Crippen molar-refractivity contribution in [2.24, 2.45) is 0 Å². The van der Waals surface area contributed by atoms with Crippen molar-refractivity contribution < 1.29 is 9.90 Å². The van der Waals surface area contributed by atoms with Gasteiger partial charge in [0, 0.05) is 17.4 Å². The number of hydrogen-bond donors (Lipinski definition) is 4. The Morgan fingerprint density at radius 1 is 1.20 bits per heavy atom. The van der Waals surface area contributed by atoms with E-state index in [0.717, 1.165) is 22.8 Å². The highest BCUT2D eigenvalue weighted by molar-refractivity contribution is 7.99. The van der Waals surface area contributed by atoms with Crippen LogP contribution in [-0.2, 0) is 10.4 Å². The maximum Gasteiger partial charge on any atom is 0.238 e. The largest absolute Gasteiger partial charge is 0.378 e. The van der Waals surface area contributed by atoms with Crippen LogP contribution in [0.3, 0.4) is 0 Å². The monoisotopic (exact) mass is 374 g/mol. The third-order valence-electron chi connectivity index (χ3n) is 4.46. The van der Waals surface area contributed by atoms with E-state index >= 15 is 0 Å². The predicted molar refractivity (Wildman–Crippen MR) is 106 cm³/mol. The van der Waals surface area contributed by atoms with Crippen LogP contribution in [0.4, 0.5) is 0 Å². The van der Waals surface area contributed by atoms with Gasteiger partial charge in [0.25, 0.3) is 0 Å². The van der Waals surface area contributed by atoms with Gasteiger partial charge in [0.1, 0.15) is 5.60 Å². The van der Waals surface area contributed by atoms with Crippen molar-refractivity contribution in [3.8, 4) is 0 Å². The van der Waals surface area contributed by atoms with Gasteiger partial charge < -0.3 is 10.4 Å².